The van der Waals surface area contributed by atoms with Crippen LogP contribution in [0.3, 0.4) is 0 Å². The monoisotopic (exact) mass is 896 g/mol. The summed E-state index contributed by atoms with van der Waals surface area (Å²) in [6.07, 6.45) is 0. The molecule has 0 saturated heterocycles. The fourth-order valence-electron chi connectivity index (χ4n) is 11.4. The highest BCUT2D eigenvalue weighted by molar-refractivity contribution is 7.68. The molecule has 14 aromatic rings. The molecule has 12 aromatic carbocycles. The third-order valence-corrected chi connectivity index (χ3v) is 19.4. The van der Waals surface area contributed by atoms with Crippen molar-refractivity contribution in [3.8, 4) is 55.1 Å². The largest absolute Gasteiger partial charge is 0.0772 e. The van der Waals surface area contributed by atoms with Gasteiger partial charge in [-0.25, -0.2) is 0 Å². The lowest BCUT2D eigenvalue weighted by Gasteiger charge is -2.20. The first-order valence-electron chi connectivity index (χ1n) is 23.5. The van der Waals surface area contributed by atoms with Crippen LogP contribution in [0.1, 0.15) is 0 Å². The van der Waals surface area contributed by atoms with Gasteiger partial charge in [0.1, 0.15) is 0 Å². The Labute approximate surface area is 397 Å². The van der Waals surface area contributed by atoms with E-state index in [4.69, 9.17) is 0 Å². The summed E-state index contributed by atoms with van der Waals surface area (Å²) in [5.41, 5.74) is 10.1. The molecule has 14 rings (SSSR count). The van der Waals surface area contributed by atoms with Gasteiger partial charge >= 0.3 is 0 Å². The van der Waals surface area contributed by atoms with Gasteiger partial charge in [0, 0.05) is 31.2 Å². The summed E-state index contributed by atoms with van der Waals surface area (Å²) < 4.78 is 0. The molecule has 2 heteroatoms. The van der Waals surface area contributed by atoms with Gasteiger partial charge in [-0.3, -0.25) is 0 Å². The summed E-state index contributed by atoms with van der Waals surface area (Å²) >= 11 is 0. The predicted octanol–water partition coefficient (Wildman–Crippen LogP) is 20.4. The van der Waals surface area contributed by atoms with Crippen molar-refractivity contribution in [3.63, 3.8) is 0 Å². The average Bonchev–Trinajstić information content (AvgIpc) is 3.94. The number of benzene rings is 12. The molecule has 68 heavy (non-hydrogen) atoms. The van der Waals surface area contributed by atoms with Gasteiger partial charge in [-0.1, -0.05) is 240 Å². The van der Waals surface area contributed by atoms with Crippen LogP contribution < -0.4 is 0 Å². The van der Waals surface area contributed by atoms with E-state index in [1.807, 2.05) is 0 Å². The van der Waals surface area contributed by atoms with Gasteiger partial charge in [-0.05, 0) is 129 Å². The SMILES string of the molecule is c1ccc(-c2cc(-c3c4cccc(-c5cccc6c5c5ccccc5p6-c5ccccc5)c4cc4c(-c5cccc6c5c5ccccc5p6-c5ccccc5)cccc34)c3ccccc3c2)cc1. The molecule has 0 amide bonds. The van der Waals surface area contributed by atoms with E-state index in [9.17, 15) is 0 Å². The van der Waals surface area contributed by atoms with Gasteiger partial charge in [0.25, 0.3) is 0 Å². The summed E-state index contributed by atoms with van der Waals surface area (Å²) in [6, 6.07) is 96.1. The fraction of sp³-hybridized carbons (Fsp3) is 0. The van der Waals surface area contributed by atoms with E-state index in [1.54, 1.807) is 0 Å². The number of hydrogen-bond acceptors (Lipinski definition) is 0. The first kappa shape index (κ1) is 39.2. The molecule has 2 unspecified atom stereocenters. The van der Waals surface area contributed by atoms with Crippen LogP contribution in [0.2, 0.25) is 0 Å². The van der Waals surface area contributed by atoms with Crippen LogP contribution in [0.5, 0.6) is 0 Å². The topological polar surface area (TPSA) is 0 Å². The van der Waals surface area contributed by atoms with Crippen LogP contribution in [0.15, 0.2) is 255 Å². The van der Waals surface area contributed by atoms with Crippen molar-refractivity contribution in [2.45, 2.75) is 0 Å². The van der Waals surface area contributed by atoms with Crippen LogP contribution in [0, 0.1) is 0 Å². The van der Waals surface area contributed by atoms with Crippen molar-refractivity contribution < 1.29 is 0 Å². The number of rotatable bonds is 6. The molecule has 0 radical (unpaired) electrons. The molecule has 0 fully saturated rings. The highest BCUT2D eigenvalue weighted by atomic mass is 31.1. The van der Waals surface area contributed by atoms with E-state index in [2.05, 4.69) is 255 Å². The van der Waals surface area contributed by atoms with Crippen LogP contribution in [0.25, 0.3) is 129 Å². The van der Waals surface area contributed by atoms with Crippen LogP contribution in [-0.4, -0.2) is 0 Å². The zero-order valence-electron chi connectivity index (χ0n) is 37.1. The van der Waals surface area contributed by atoms with Gasteiger partial charge in [-0.15, -0.1) is 0 Å². The lowest BCUT2D eigenvalue weighted by atomic mass is 9.83. The van der Waals surface area contributed by atoms with E-state index in [0.717, 1.165) is 0 Å². The van der Waals surface area contributed by atoms with E-state index in [0.29, 0.717) is 0 Å². The van der Waals surface area contributed by atoms with Crippen molar-refractivity contribution in [1.29, 1.82) is 0 Å². The molecule has 0 nitrogen and oxygen atoms in total. The van der Waals surface area contributed by atoms with Gasteiger partial charge in [-0.2, -0.15) is 0 Å². The normalized spacial score (nSPS) is 12.4. The Kier molecular flexibility index (Phi) is 9.13. The number of fused-ring (bicyclic) bond motifs is 9. The summed E-state index contributed by atoms with van der Waals surface area (Å²) in [7, 11) is -1.43. The van der Waals surface area contributed by atoms with Crippen LogP contribution >= 0.6 is 15.1 Å². The van der Waals surface area contributed by atoms with E-state index in [-0.39, 0.29) is 0 Å². The molecule has 0 N–H and O–H groups in total. The average molecular weight is 897 g/mol. The summed E-state index contributed by atoms with van der Waals surface area (Å²) in [6.45, 7) is 0. The Morgan fingerprint density at radius 2 is 0.632 bits per heavy atom. The zero-order valence-corrected chi connectivity index (χ0v) is 38.9. The molecule has 316 valence electrons. The number of hydrogen-bond donors (Lipinski definition) is 0. The smallest absolute Gasteiger partial charge is 0.00745 e. The minimum Gasteiger partial charge on any atom is -0.0772 e. The molecular formula is C66H42P2. The van der Waals surface area contributed by atoms with Gasteiger partial charge in [0.05, 0.1) is 0 Å². The zero-order chi connectivity index (χ0) is 44.7. The van der Waals surface area contributed by atoms with Crippen molar-refractivity contribution in [3.05, 3.63) is 255 Å². The molecule has 0 bridgehead atoms. The summed E-state index contributed by atoms with van der Waals surface area (Å²) in [5.74, 6) is 0. The second kappa shape index (κ2) is 15.8. The molecule has 2 heterocycles. The molecule has 0 aliphatic carbocycles. The Hall–Kier alpha value is -7.98. The highest BCUT2D eigenvalue weighted by Gasteiger charge is 2.23. The second-order valence-electron chi connectivity index (χ2n) is 17.9. The van der Waals surface area contributed by atoms with Gasteiger partial charge in [0.15, 0.2) is 0 Å². The van der Waals surface area contributed by atoms with Crippen molar-refractivity contribution in [1.82, 2.24) is 0 Å². The molecular weight excluding hydrogens is 855 g/mol. The third kappa shape index (κ3) is 6.02. The third-order valence-electron chi connectivity index (χ3n) is 14.3. The van der Waals surface area contributed by atoms with Crippen molar-refractivity contribution in [2.24, 2.45) is 0 Å². The Morgan fingerprint density at radius 1 is 0.221 bits per heavy atom. The quantitative estimate of drug-likeness (QED) is 0.146. The minimum absolute atomic E-state index is 0.717. The highest BCUT2D eigenvalue weighted by Crippen LogP contribution is 2.59. The van der Waals surface area contributed by atoms with Crippen molar-refractivity contribution in [2.75, 3.05) is 0 Å². The molecule has 0 aliphatic rings. The van der Waals surface area contributed by atoms with Gasteiger partial charge in [0.2, 0.25) is 0 Å². The molecule has 2 aromatic heterocycles. The maximum absolute atomic E-state index is 2.54. The van der Waals surface area contributed by atoms with E-state index < -0.39 is 15.1 Å². The molecule has 2 atom stereocenters. The van der Waals surface area contributed by atoms with E-state index >= 15 is 0 Å². The molecule has 0 aliphatic heterocycles. The van der Waals surface area contributed by atoms with Gasteiger partial charge < -0.3 is 0 Å². The Balaban J connectivity index is 1.14. The Morgan fingerprint density at radius 3 is 1.18 bits per heavy atom. The first-order chi connectivity index (χ1) is 33.8. The maximum atomic E-state index is 2.54. The second-order valence-corrected chi connectivity index (χ2v) is 22.2. The molecule has 0 spiro atoms. The standard InChI is InChI=1S/C66H42P2/c1-4-20-43(21-5-1)45-40-44-22-10-11-27-48(44)59(41-45)64-53-32-16-30-49(51-34-18-38-62-65(51)55-28-12-14-36-60(55)67(62)46-23-6-2-7-24-46)57(53)42-58-50(31-17-33-54(58)64)52-35-19-39-63-66(52)56-29-13-15-37-61(56)68(63)47-25-8-3-9-26-47/h1-42H. The minimum atomic E-state index is -0.717. The lowest BCUT2D eigenvalue weighted by molar-refractivity contribution is 1.63. The van der Waals surface area contributed by atoms with Crippen LogP contribution in [-0.2, 0) is 0 Å². The maximum Gasteiger partial charge on any atom is 0.00745 e. The summed E-state index contributed by atoms with van der Waals surface area (Å²) in [4.78, 5) is 0. The predicted molar refractivity (Wildman–Crippen MR) is 299 cm³/mol. The van der Waals surface area contributed by atoms with E-state index in [1.165, 1.54) is 129 Å². The van der Waals surface area contributed by atoms with Crippen molar-refractivity contribution >= 4 is 89.4 Å². The Bertz CT molecular complexity index is 4080. The summed E-state index contributed by atoms with van der Waals surface area (Å²) in [5, 5.41) is 21.5. The molecule has 0 saturated carbocycles. The fourth-order valence-corrected chi connectivity index (χ4v) is 16.7. The first-order valence-corrected chi connectivity index (χ1v) is 26.2. The van der Waals surface area contributed by atoms with Crippen LogP contribution in [0.4, 0.5) is 0 Å². The lowest BCUT2D eigenvalue weighted by Crippen LogP contribution is -1.93.